The average molecular weight is 583 g/mol. The molecule has 10 heteroatoms. The molecule has 0 unspecified atom stereocenters. The Labute approximate surface area is 244 Å². The molecule has 2 heterocycles. The number of nitro groups is 1. The molecule has 0 aromatic heterocycles. The minimum absolute atomic E-state index is 0.0516. The second-order valence-corrected chi connectivity index (χ2v) is 11.4. The second kappa shape index (κ2) is 12.5. The Kier molecular flexibility index (Phi) is 8.78. The molecule has 0 aliphatic carbocycles. The first-order valence-electron chi connectivity index (χ1n) is 13.6. The third kappa shape index (κ3) is 6.52. The van der Waals surface area contributed by atoms with Gasteiger partial charge in [-0.3, -0.25) is 19.8 Å². The van der Waals surface area contributed by atoms with Gasteiger partial charge < -0.3 is 15.1 Å². The van der Waals surface area contributed by atoms with Crippen LogP contribution < -0.4 is 15.1 Å². The fraction of sp³-hybridized carbons (Fsp3) is 0.367. The van der Waals surface area contributed by atoms with Crippen molar-refractivity contribution in [2.45, 2.75) is 26.3 Å². The van der Waals surface area contributed by atoms with E-state index in [0.717, 1.165) is 74.9 Å². The molecule has 0 atom stereocenters. The summed E-state index contributed by atoms with van der Waals surface area (Å²) in [5.41, 5.74) is 3.31. The number of nitrogens with one attached hydrogen (secondary N) is 1. The van der Waals surface area contributed by atoms with Gasteiger partial charge in [-0.2, -0.15) is 0 Å². The Bertz CT molecular complexity index is 1390. The predicted molar refractivity (Wildman–Crippen MR) is 162 cm³/mol. The van der Waals surface area contributed by atoms with Crippen molar-refractivity contribution in [1.29, 1.82) is 0 Å². The van der Waals surface area contributed by atoms with Crippen LogP contribution in [0, 0.1) is 16.0 Å². The molecule has 2 aliphatic rings. The standard InChI is InChI=1S/C30H33Cl2N5O3/c1-21-10-12-35(13-11-21)28-8-6-22(18-29(28)37(39)40)30(38)33-24-7-9-27(26(32)19-24)36-16-14-34(15-17-36)20-23-4-2-3-5-25(23)31/h2-9,18-19,21H,10-17,20H2,1H3,(H,33,38). The first-order chi connectivity index (χ1) is 19.3. The summed E-state index contributed by atoms with van der Waals surface area (Å²) in [6.45, 7) is 7.95. The van der Waals surface area contributed by atoms with E-state index >= 15 is 0 Å². The van der Waals surface area contributed by atoms with Gasteiger partial charge in [0.15, 0.2) is 0 Å². The number of carbonyl (C=O) groups excluding carboxylic acids is 1. The third-order valence-corrected chi connectivity index (χ3v) is 8.50. The van der Waals surface area contributed by atoms with Gasteiger partial charge in [0.25, 0.3) is 11.6 Å². The van der Waals surface area contributed by atoms with E-state index < -0.39 is 10.8 Å². The zero-order valence-corrected chi connectivity index (χ0v) is 24.0. The molecule has 2 saturated heterocycles. The molecule has 5 rings (SSSR count). The molecule has 0 spiro atoms. The number of nitrogens with zero attached hydrogens (tertiary/aromatic N) is 4. The molecule has 1 amide bonds. The highest BCUT2D eigenvalue weighted by Crippen LogP contribution is 2.34. The van der Waals surface area contributed by atoms with Crippen LogP contribution in [0.4, 0.5) is 22.7 Å². The Morgan fingerprint density at radius 1 is 0.900 bits per heavy atom. The minimum atomic E-state index is -0.418. The molecule has 3 aromatic rings. The number of amides is 1. The molecule has 8 nitrogen and oxygen atoms in total. The number of carbonyl (C=O) groups is 1. The van der Waals surface area contributed by atoms with Crippen LogP contribution in [0.2, 0.25) is 10.0 Å². The maximum absolute atomic E-state index is 13.0. The molecule has 0 saturated carbocycles. The molecule has 1 N–H and O–H groups in total. The maximum Gasteiger partial charge on any atom is 0.293 e. The summed E-state index contributed by atoms with van der Waals surface area (Å²) in [7, 11) is 0. The van der Waals surface area contributed by atoms with Gasteiger partial charge in [-0.15, -0.1) is 0 Å². The number of rotatable bonds is 7. The number of benzene rings is 3. The highest BCUT2D eigenvalue weighted by atomic mass is 35.5. The highest BCUT2D eigenvalue weighted by molar-refractivity contribution is 6.33. The first kappa shape index (κ1) is 28.2. The van der Waals surface area contributed by atoms with Crippen molar-refractivity contribution >= 4 is 51.9 Å². The van der Waals surface area contributed by atoms with Gasteiger partial charge in [0.05, 0.1) is 15.6 Å². The molecular formula is C30H33Cl2N5O3. The first-order valence-corrected chi connectivity index (χ1v) is 14.4. The molecule has 210 valence electrons. The van der Waals surface area contributed by atoms with Crippen molar-refractivity contribution in [2.24, 2.45) is 5.92 Å². The van der Waals surface area contributed by atoms with Crippen LogP contribution in [0.15, 0.2) is 60.7 Å². The van der Waals surface area contributed by atoms with Crippen LogP contribution >= 0.6 is 23.2 Å². The van der Waals surface area contributed by atoms with E-state index in [0.29, 0.717) is 22.3 Å². The minimum Gasteiger partial charge on any atom is -0.368 e. The Morgan fingerprint density at radius 2 is 1.57 bits per heavy atom. The van der Waals surface area contributed by atoms with E-state index in [2.05, 4.69) is 28.1 Å². The highest BCUT2D eigenvalue weighted by Gasteiger charge is 2.25. The van der Waals surface area contributed by atoms with E-state index in [1.54, 1.807) is 18.2 Å². The monoisotopic (exact) mass is 581 g/mol. The van der Waals surface area contributed by atoms with Crippen LogP contribution in [0.25, 0.3) is 0 Å². The second-order valence-electron chi connectivity index (χ2n) is 10.6. The number of piperidine rings is 1. The third-order valence-electron chi connectivity index (χ3n) is 7.83. The van der Waals surface area contributed by atoms with Crippen molar-refractivity contribution < 1.29 is 9.72 Å². The summed E-state index contributed by atoms with van der Waals surface area (Å²) in [6.07, 6.45) is 1.99. The number of halogens is 2. The van der Waals surface area contributed by atoms with Crippen molar-refractivity contribution in [1.82, 2.24) is 4.90 Å². The predicted octanol–water partition coefficient (Wildman–Crippen LogP) is 6.71. The Balaban J connectivity index is 1.21. The molecule has 2 aliphatic heterocycles. The number of anilines is 3. The van der Waals surface area contributed by atoms with Gasteiger partial charge in [-0.25, -0.2) is 0 Å². The zero-order chi connectivity index (χ0) is 28.2. The number of hydrogen-bond acceptors (Lipinski definition) is 6. The summed E-state index contributed by atoms with van der Waals surface area (Å²) in [4.78, 5) is 31.1. The summed E-state index contributed by atoms with van der Waals surface area (Å²) in [5, 5.41) is 16.0. The van der Waals surface area contributed by atoms with Crippen molar-refractivity contribution in [3.8, 4) is 0 Å². The van der Waals surface area contributed by atoms with E-state index in [4.69, 9.17) is 23.2 Å². The summed E-state index contributed by atoms with van der Waals surface area (Å²) in [5.74, 6) is 0.196. The zero-order valence-electron chi connectivity index (χ0n) is 22.5. The molecule has 2 fully saturated rings. The van der Waals surface area contributed by atoms with Gasteiger partial charge in [0, 0.05) is 68.2 Å². The van der Waals surface area contributed by atoms with E-state index in [9.17, 15) is 14.9 Å². The molecule has 40 heavy (non-hydrogen) atoms. The van der Waals surface area contributed by atoms with Crippen LogP contribution in [0.1, 0.15) is 35.7 Å². The fourth-order valence-electron chi connectivity index (χ4n) is 5.39. The SMILES string of the molecule is CC1CCN(c2ccc(C(=O)Nc3ccc(N4CCN(Cc5ccccc5Cl)CC4)c(Cl)c3)cc2[N+](=O)[O-])CC1. The number of nitro benzene ring substituents is 1. The van der Waals surface area contributed by atoms with Gasteiger partial charge in [0.2, 0.25) is 0 Å². The lowest BCUT2D eigenvalue weighted by molar-refractivity contribution is -0.384. The van der Waals surface area contributed by atoms with Crippen LogP contribution in [0.3, 0.4) is 0 Å². The Hall–Kier alpha value is -3.33. The topological polar surface area (TPSA) is 82.0 Å². The van der Waals surface area contributed by atoms with Gasteiger partial charge >= 0.3 is 0 Å². The van der Waals surface area contributed by atoms with E-state index in [1.807, 2.05) is 35.2 Å². The molecule has 3 aromatic carbocycles. The lowest BCUT2D eigenvalue weighted by atomic mass is 9.98. The quantitative estimate of drug-likeness (QED) is 0.246. The number of piperazine rings is 1. The van der Waals surface area contributed by atoms with E-state index in [-0.39, 0.29) is 11.3 Å². The van der Waals surface area contributed by atoms with Gasteiger partial charge in [-0.05, 0) is 60.7 Å². The van der Waals surface area contributed by atoms with Gasteiger partial charge in [-0.1, -0.05) is 48.3 Å². The molecular weight excluding hydrogens is 549 g/mol. The fourth-order valence-corrected chi connectivity index (χ4v) is 5.88. The number of hydrogen-bond donors (Lipinski definition) is 1. The maximum atomic E-state index is 13.0. The van der Waals surface area contributed by atoms with Crippen LogP contribution in [-0.2, 0) is 6.54 Å². The van der Waals surface area contributed by atoms with Crippen LogP contribution in [-0.4, -0.2) is 55.0 Å². The Morgan fingerprint density at radius 3 is 2.25 bits per heavy atom. The molecule has 0 bridgehead atoms. The van der Waals surface area contributed by atoms with Gasteiger partial charge in [0.1, 0.15) is 5.69 Å². The summed E-state index contributed by atoms with van der Waals surface area (Å²) >= 11 is 13.0. The normalized spacial score (nSPS) is 16.7. The van der Waals surface area contributed by atoms with Crippen molar-refractivity contribution in [3.05, 3.63) is 92.0 Å². The summed E-state index contributed by atoms with van der Waals surface area (Å²) in [6, 6.07) is 18.1. The lowest BCUT2D eigenvalue weighted by Crippen LogP contribution is -2.46. The summed E-state index contributed by atoms with van der Waals surface area (Å²) < 4.78 is 0. The van der Waals surface area contributed by atoms with Crippen molar-refractivity contribution in [3.63, 3.8) is 0 Å². The lowest BCUT2D eigenvalue weighted by Gasteiger charge is -2.36. The van der Waals surface area contributed by atoms with E-state index in [1.165, 1.54) is 6.07 Å². The largest absolute Gasteiger partial charge is 0.368 e. The van der Waals surface area contributed by atoms with Crippen LogP contribution in [0.5, 0.6) is 0 Å². The average Bonchev–Trinajstić information content (AvgIpc) is 2.95. The smallest absolute Gasteiger partial charge is 0.293 e. The van der Waals surface area contributed by atoms with Crippen molar-refractivity contribution in [2.75, 3.05) is 54.4 Å². The molecule has 0 radical (unpaired) electrons.